The van der Waals surface area contributed by atoms with E-state index in [2.05, 4.69) is 42.5 Å². The molecule has 0 spiro atoms. The lowest BCUT2D eigenvalue weighted by molar-refractivity contribution is 0.246. The molecule has 1 heterocycles. The van der Waals surface area contributed by atoms with Crippen LogP contribution in [0.5, 0.6) is 5.75 Å². The minimum absolute atomic E-state index is 0.146. The topological polar surface area (TPSA) is 9.23 Å². The third-order valence-electron chi connectivity index (χ3n) is 2.97. The van der Waals surface area contributed by atoms with E-state index in [9.17, 15) is 0 Å². The van der Waals surface area contributed by atoms with Crippen LogP contribution in [0.2, 0.25) is 0 Å². The van der Waals surface area contributed by atoms with Crippen molar-refractivity contribution in [1.29, 1.82) is 0 Å². The van der Waals surface area contributed by atoms with Gasteiger partial charge >= 0.3 is 0 Å². The van der Waals surface area contributed by atoms with E-state index in [0.717, 1.165) is 17.7 Å². The number of hydrogen-bond donors (Lipinski definition) is 0. The van der Waals surface area contributed by atoms with Crippen LogP contribution in [0.1, 0.15) is 11.1 Å². The van der Waals surface area contributed by atoms with Gasteiger partial charge in [-0.2, -0.15) is 0 Å². The molecule has 2 aromatic carbocycles. The molecule has 0 saturated carbocycles. The van der Waals surface area contributed by atoms with Gasteiger partial charge in [0.15, 0.2) is 0 Å². The fourth-order valence-electron chi connectivity index (χ4n) is 2.10. The summed E-state index contributed by atoms with van der Waals surface area (Å²) in [7, 11) is 0. The van der Waals surface area contributed by atoms with Crippen molar-refractivity contribution in [2.24, 2.45) is 0 Å². The van der Waals surface area contributed by atoms with Crippen molar-refractivity contribution in [3.05, 3.63) is 71.8 Å². The Morgan fingerprint density at radius 1 is 0.882 bits per heavy atom. The Balaban J connectivity index is 1.77. The summed E-state index contributed by atoms with van der Waals surface area (Å²) < 4.78 is 5.95. The molecule has 1 aliphatic heterocycles. The van der Waals surface area contributed by atoms with Crippen LogP contribution in [0.3, 0.4) is 0 Å². The molecular formula is C16H14O. The van der Waals surface area contributed by atoms with E-state index < -0.39 is 0 Å². The lowest BCUT2D eigenvalue weighted by Gasteiger charge is -2.21. The third-order valence-corrected chi connectivity index (χ3v) is 2.97. The van der Waals surface area contributed by atoms with E-state index in [4.69, 9.17) is 4.74 Å². The Morgan fingerprint density at radius 2 is 1.65 bits per heavy atom. The van der Waals surface area contributed by atoms with Crippen molar-refractivity contribution in [1.82, 2.24) is 0 Å². The highest BCUT2D eigenvalue weighted by atomic mass is 16.5. The van der Waals surface area contributed by atoms with Crippen LogP contribution in [0, 0.1) is 0 Å². The molecule has 0 bridgehead atoms. The zero-order valence-electron chi connectivity index (χ0n) is 9.54. The quantitative estimate of drug-likeness (QED) is 0.752. The van der Waals surface area contributed by atoms with E-state index in [1.165, 1.54) is 5.56 Å². The van der Waals surface area contributed by atoms with Crippen LogP contribution >= 0.6 is 0 Å². The molecule has 3 rings (SSSR count). The molecule has 17 heavy (non-hydrogen) atoms. The predicted octanol–water partition coefficient (Wildman–Crippen LogP) is 3.70. The summed E-state index contributed by atoms with van der Waals surface area (Å²) in [6.07, 6.45) is 5.35. The maximum atomic E-state index is 5.95. The van der Waals surface area contributed by atoms with Gasteiger partial charge in [0.05, 0.1) is 0 Å². The first kappa shape index (κ1) is 10.2. The molecule has 1 aliphatic rings. The second kappa shape index (κ2) is 4.46. The Hall–Kier alpha value is -2.02. The van der Waals surface area contributed by atoms with Crippen LogP contribution in [-0.2, 0) is 6.42 Å². The van der Waals surface area contributed by atoms with Crippen molar-refractivity contribution < 1.29 is 4.74 Å². The van der Waals surface area contributed by atoms with Gasteiger partial charge in [0.1, 0.15) is 11.9 Å². The second-order valence-corrected chi connectivity index (χ2v) is 4.24. The number of rotatable bonds is 2. The molecule has 0 saturated heterocycles. The summed E-state index contributed by atoms with van der Waals surface area (Å²) in [5.74, 6) is 0.982. The Kier molecular flexibility index (Phi) is 2.66. The van der Waals surface area contributed by atoms with E-state index in [1.807, 2.05) is 24.3 Å². The van der Waals surface area contributed by atoms with E-state index in [0.29, 0.717) is 0 Å². The molecule has 1 heteroatoms. The van der Waals surface area contributed by atoms with Crippen molar-refractivity contribution in [2.45, 2.75) is 12.5 Å². The summed E-state index contributed by atoms with van der Waals surface area (Å²) in [5.41, 5.74) is 2.47. The first-order valence-corrected chi connectivity index (χ1v) is 5.90. The zero-order valence-corrected chi connectivity index (χ0v) is 9.54. The Labute approximate surface area is 101 Å². The van der Waals surface area contributed by atoms with Crippen molar-refractivity contribution in [2.75, 3.05) is 0 Å². The standard InChI is InChI=1S/C16H14O/c1-2-6-13(7-3-1)12-15-11-10-14-8-4-5-9-16(14)17-15/h1-11,15H,12H2. The van der Waals surface area contributed by atoms with Crippen LogP contribution in [-0.4, -0.2) is 6.10 Å². The molecule has 2 aromatic rings. The predicted molar refractivity (Wildman–Crippen MR) is 70.0 cm³/mol. The average Bonchev–Trinajstić information content (AvgIpc) is 2.40. The highest BCUT2D eigenvalue weighted by Crippen LogP contribution is 2.26. The van der Waals surface area contributed by atoms with Gasteiger partial charge in [0.25, 0.3) is 0 Å². The Morgan fingerprint density at radius 3 is 2.53 bits per heavy atom. The van der Waals surface area contributed by atoms with Gasteiger partial charge in [0.2, 0.25) is 0 Å². The van der Waals surface area contributed by atoms with Crippen molar-refractivity contribution >= 4 is 6.08 Å². The summed E-state index contributed by atoms with van der Waals surface area (Å²) >= 11 is 0. The minimum Gasteiger partial charge on any atom is -0.485 e. The molecule has 84 valence electrons. The Bertz CT molecular complexity index is 528. The molecule has 0 fully saturated rings. The highest BCUT2D eigenvalue weighted by molar-refractivity contribution is 5.59. The molecule has 0 amide bonds. The third kappa shape index (κ3) is 2.23. The second-order valence-electron chi connectivity index (χ2n) is 4.24. The van der Waals surface area contributed by atoms with E-state index in [1.54, 1.807) is 0 Å². The van der Waals surface area contributed by atoms with E-state index >= 15 is 0 Å². The van der Waals surface area contributed by atoms with Gasteiger partial charge in [-0.3, -0.25) is 0 Å². The van der Waals surface area contributed by atoms with Crippen LogP contribution < -0.4 is 4.74 Å². The van der Waals surface area contributed by atoms with Gasteiger partial charge < -0.3 is 4.74 Å². The van der Waals surface area contributed by atoms with Gasteiger partial charge in [-0.15, -0.1) is 0 Å². The van der Waals surface area contributed by atoms with E-state index in [-0.39, 0.29) is 6.10 Å². The average molecular weight is 222 g/mol. The molecular weight excluding hydrogens is 208 g/mol. The smallest absolute Gasteiger partial charge is 0.127 e. The summed E-state index contributed by atoms with van der Waals surface area (Å²) in [4.78, 5) is 0. The van der Waals surface area contributed by atoms with Gasteiger partial charge in [-0.05, 0) is 17.7 Å². The van der Waals surface area contributed by atoms with Gasteiger partial charge in [-0.1, -0.05) is 54.6 Å². The molecule has 0 radical (unpaired) electrons. The number of hydrogen-bond acceptors (Lipinski definition) is 1. The number of benzene rings is 2. The van der Waals surface area contributed by atoms with Crippen LogP contribution in [0.4, 0.5) is 0 Å². The molecule has 0 N–H and O–H groups in total. The summed E-state index contributed by atoms with van der Waals surface area (Å²) in [6.45, 7) is 0. The largest absolute Gasteiger partial charge is 0.485 e. The molecule has 1 nitrogen and oxygen atoms in total. The maximum absolute atomic E-state index is 5.95. The van der Waals surface area contributed by atoms with Crippen molar-refractivity contribution in [3.63, 3.8) is 0 Å². The molecule has 0 aromatic heterocycles. The monoisotopic (exact) mass is 222 g/mol. The van der Waals surface area contributed by atoms with Crippen LogP contribution in [0.25, 0.3) is 6.08 Å². The highest BCUT2D eigenvalue weighted by Gasteiger charge is 2.14. The first-order chi connectivity index (χ1) is 8.42. The van der Waals surface area contributed by atoms with Gasteiger partial charge in [0, 0.05) is 12.0 Å². The fraction of sp³-hybridized carbons (Fsp3) is 0.125. The summed E-state index contributed by atoms with van der Waals surface area (Å²) in [5, 5.41) is 0. The zero-order chi connectivity index (χ0) is 11.5. The maximum Gasteiger partial charge on any atom is 0.127 e. The number of para-hydroxylation sites is 1. The molecule has 0 aliphatic carbocycles. The molecule has 1 unspecified atom stereocenters. The lowest BCUT2D eigenvalue weighted by Crippen LogP contribution is -2.19. The van der Waals surface area contributed by atoms with Crippen LogP contribution in [0.15, 0.2) is 60.7 Å². The van der Waals surface area contributed by atoms with Crippen molar-refractivity contribution in [3.8, 4) is 5.75 Å². The van der Waals surface area contributed by atoms with Gasteiger partial charge in [-0.25, -0.2) is 0 Å². The fourth-order valence-corrected chi connectivity index (χ4v) is 2.10. The number of fused-ring (bicyclic) bond motifs is 1. The summed E-state index contributed by atoms with van der Waals surface area (Å²) in [6, 6.07) is 18.6. The SMILES string of the molecule is C1=CC(Cc2ccccc2)Oc2ccccc21. The minimum atomic E-state index is 0.146. The number of ether oxygens (including phenoxy) is 1. The molecule has 1 atom stereocenters. The lowest BCUT2D eigenvalue weighted by atomic mass is 10.0. The first-order valence-electron chi connectivity index (χ1n) is 5.90. The normalized spacial score (nSPS) is 17.3.